The molecule has 3 nitrogen and oxygen atoms in total. The first-order chi connectivity index (χ1) is 15.0. The first-order valence-electron chi connectivity index (χ1n) is 10.3. The molecule has 1 aliphatic rings. The topological polar surface area (TPSA) is 15.7 Å². The molecule has 1 saturated heterocycles. The van der Waals surface area contributed by atoms with E-state index in [2.05, 4.69) is 46.2 Å². The van der Waals surface area contributed by atoms with E-state index in [0.717, 1.165) is 36.9 Å². The van der Waals surface area contributed by atoms with E-state index in [0.29, 0.717) is 10.0 Å². The maximum Gasteiger partial charge on any atom is 0.0947 e. The number of nitrogens with zero attached hydrogens (tertiary/aromatic N) is 2. The van der Waals surface area contributed by atoms with E-state index in [4.69, 9.17) is 39.5 Å². The monoisotopic (exact) mass is 474 g/mol. The lowest BCUT2D eigenvalue weighted by molar-refractivity contribution is 0.0566. The molecule has 31 heavy (non-hydrogen) atoms. The van der Waals surface area contributed by atoms with Crippen LogP contribution in [0, 0.1) is 0 Å². The van der Waals surface area contributed by atoms with Gasteiger partial charge in [-0.05, 0) is 41.5 Å². The standard InChI is InChI=1S/C25H25Cl3N2O/c1-31-25(19-5-3-2-4-6-19)17-29-13-14-30(23-12-11-21(27)15-22(23)28)24(16-29)18-7-9-20(26)10-8-18/h2-12,15,24-25H,13-14,16-17H2,1H3. The summed E-state index contributed by atoms with van der Waals surface area (Å²) in [5.74, 6) is 0. The van der Waals surface area contributed by atoms with Crippen LogP contribution in [0.5, 0.6) is 0 Å². The van der Waals surface area contributed by atoms with Crippen LogP contribution < -0.4 is 4.90 Å². The molecule has 0 amide bonds. The second-order valence-electron chi connectivity index (χ2n) is 7.75. The molecule has 0 spiro atoms. The number of piperazine rings is 1. The predicted molar refractivity (Wildman–Crippen MR) is 131 cm³/mol. The fourth-order valence-corrected chi connectivity index (χ4v) is 4.84. The Morgan fingerprint density at radius 1 is 0.903 bits per heavy atom. The second-order valence-corrected chi connectivity index (χ2v) is 9.03. The quantitative estimate of drug-likeness (QED) is 0.386. The van der Waals surface area contributed by atoms with Crippen molar-refractivity contribution >= 4 is 40.5 Å². The summed E-state index contributed by atoms with van der Waals surface area (Å²) in [5, 5.41) is 2.04. The van der Waals surface area contributed by atoms with Gasteiger partial charge in [-0.3, -0.25) is 4.90 Å². The number of hydrogen-bond donors (Lipinski definition) is 0. The summed E-state index contributed by atoms with van der Waals surface area (Å²) in [4.78, 5) is 4.82. The predicted octanol–water partition coefficient (Wildman–Crippen LogP) is 6.90. The van der Waals surface area contributed by atoms with Gasteiger partial charge < -0.3 is 9.64 Å². The van der Waals surface area contributed by atoms with Crippen molar-refractivity contribution in [2.24, 2.45) is 0 Å². The van der Waals surface area contributed by atoms with E-state index in [-0.39, 0.29) is 12.1 Å². The summed E-state index contributed by atoms with van der Waals surface area (Å²) >= 11 is 18.9. The highest BCUT2D eigenvalue weighted by molar-refractivity contribution is 6.36. The summed E-state index contributed by atoms with van der Waals surface area (Å²) in [6.07, 6.45) is 0.0257. The van der Waals surface area contributed by atoms with Gasteiger partial charge in [0.2, 0.25) is 0 Å². The molecule has 1 aliphatic heterocycles. The molecular weight excluding hydrogens is 451 g/mol. The number of benzene rings is 3. The van der Waals surface area contributed by atoms with Crippen LogP contribution in [-0.2, 0) is 4.74 Å². The number of methoxy groups -OCH3 is 1. The lowest BCUT2D eigenvalue weighted by atomic mass is 10.00. The normalized spacial score (nSPS) is 18.2. The van der Waals surface area contributed by atoms with Gasteiger partial charge in [0.05, 0.1) is 22.9 Å². The van der Waals surface area contributed by atoms with Gasteiger partial charge in [-0.25, -0.2) is 0 Å². The molecule has 0 aromatic heterocycles. The van der Waals surface area contributed by atoms with E-state index in [9.17, 15) is 0 Å². The Balaban J connectivity index is 1.60. The zero-order valence-electron chi connectivity index (χ0n) is 17.3. The summed E-state index contributed by atoms with van der Waals surface area (Å²) < 4.78 is 5.83. The van der Waals surface area contributed by atoms with Gasteiger partial charge in [0.25, 0.3) is 0 Å². The van der Waals surface area contributed by atoms with Gasteiger partial charge in [0, 0.05) is 43.3 Å². The van der Waals surface area contributed by atoms with Crippen LogP contribution in [0.25, 0.3) is 0 Å². The highest BCUT2D eigenvalue weighted by atomic mass is 35.5. The van der Waals surface area contributed by atoms with Gasteiger partial charge >= 0.3 is 0 Å². The summed E-state index contributed by atoms with van der Waals surface area (Å²) in [5.41, 5.74) is 3.39. The Morgan fingerprint density at radius 3 is 2.29 bits per heavy atom. The zero-order chi connectivity index (χ0) is 21.8. The van der Waals surface area contributed by atoms with Gasteiger partial charge in [0.15, 0.2) is 0 Å². The average molecular weight is 476 g/mol. The first kappa shape index (κ1) is 22.4. The minimum Gasteiger partial charge on any atom is -0.375 e. The van der Waals surface area contributed by atoms with Crippen molar-refractivity contribution in [3.05, 3.63) is 99.0 Å². The minimum atomic E-state index is 0.0257. The van der Waals surface area contributed by atoms with Crippen molar-refractivity contribution in [2.45, 2.75) is 12.1 Å². The minimum absolute atomic E-state index is 0.0257. The lowest BCUT2D eigenvalue weighted by Crippen LogP contribution is -2.49. The van der Waals surface area contributed by atoms with E-state index < -0.39 is 0 Å². The van der Waals surface area contributed by atoms with Crippen molar-refractivity contribution in [1.29, 1.82) is 0 Å². The molecule has 2 unspecified atom stereocenters. The zero-order valence-corrected chi connectivity index (χ0v) is 19.6. The summed E-state index contributed by atoms with van der Waals surface area (Å²) in [6, 6.07) is 24.3. The average Bonchev–Trinajstić information content (AvgIpc) is 2.79. The fourth-order valence-electron chi connectivity index (χ4n) is 4.20. The van der Waals surface area contributed by atoms with Gasteiger partial charge in [-0.1, -0.05) is 77.3 Å². The van der Waals surface area contributed by atoms with E-state index in [1.54, 1.807) is 13.2 Å². The number of hydrogen-bond acceptors (Lipinski definition) is 3. The van der Waals surface area contributed by atoms with Crippen LogP contribution in [0.3, 0.4) is 0 Å². The lowest BCUT2D eigenvalue weighted by Gasteiger charge is -2.44. The molecule has 162 valence electrons. The van der Waals surface area contributed by atoms with Gasteiger partial charge in [-0.2, -0.15) is 0 Å². The van der Waals surface area contributed by atoms with Crippen molar-refractivity contribution in [1.82, 2.24) is 4.90 Å². The van der Waals surface area contributed by atoms with Crippen molar-refractivity contribution in [3.63, 3.8) is 0 Å². The number of anilines is 1. The Bertz CT molecular complexity index is 997. The van der Waals surface area contributed by atoms with Gasteiger partial charge in [-0.15, -0.1) is 0 Å². The van der Waals surface area contributed by atoms with E-state index >= 15 is 0 Å². The number of halogens is 3. The van der Waals surface area contributed by atoms with Crippen LogP contribution >= 0.6 is 34.8 Å². The van der Waals surface area contributed by atoms with Crippen LogP contribution in [-0.4, -0.2) is 38.2 Å². The second kappa shape index (κ2) is 10.2. The summed E-state index contributed by atoms with van der Waals surface area (Å²) in [6.45, 7) is 3.44. The van der Waals surface area contributed by atoms with Crippen molar-refractivity contribution < 1.29 is 4.74 Å². The van der Waals surface area contributed by atoms with Gasteiger partial charge in [0.1, 0.15) is 0 Å². The van der Waals surface area contributed by atoms with Crippen LogP contribution in [0.2, 0.25) is 15.1 Å². The van der Waals surface area contributed by atoms with Crippen molar-refractivity contribution in [3.8, 4) is 0 Å². The third-order valence-corrected chi connectivity index (χ3v) is 6.61. The Labute approximate surface area is 199 Å². The molecule has 0 radical (unpaired) electrons. The Hall–Kier alpha value is -1.75. The molecule has 4 rings (SSSR count). The SMILES string of the molecule is COC(CN1CCN(c2ccc(Cl)cc2Cl)C(c2ccc(Cl)cc2)C1)c1ccccc1. The highest BCUT2D eigenvalue weighted by Crippen LogP contribution is 2.37. The van der Waals surface area contributed by atoms with E-state index in [1.807, 2.05) is 30.3 Å². The molecular formula is C25H25Cl3N2O. The molecule has 0 bridgehead atoms. The fraction of sp³-hybridized carbons (Fsp3) is 0.280. The van der Waals surface area contributed by atoms with E-state index in [1.165, 1.54) is 11.1 Å². The maximum absolute atomic E-state index is 6.58. The largest absolute Gasteiger partial charge is 0.375 e. The third-order valence-electron chi connectivity index (χ3n) is 5.82. The Morgan fingerprint density at radius 2 is 1.61 bits per heavy atom. The maximum atomic E-state index is 6.58. The molecule has 6 heteroatoms. The first-order valence-corrected chi connectivity index (χ1v) is 11.5. The number of ether oxygens (including phenoxy) is 1. The van der Waals surface area contributed by atoms with Crippen LogP contribution in [0.4, 0.5) is 5.69 Å². The third kappa shape index (κ3) is 5.36. The molecule has 1 fully saturated rings. The molecule has 3 aromatic carbocycles. The highest BCUT2D eigenvalue weighted by Gasteiger charge is 2.31. The molecule has 1 heterocycles. The van der Waals surface area contributed by atoms with Crippen molar-refractivity contribution in [2.75, 3.05) is 38.2 Å². The molecule has 3 aromatic rings. The van der Waals surface area contributed by atoms with Crippen LogP contribution in [0.1, 0.15) is 23.3 Å². The smallest absolute Gasteiger partial charge is 0.0947 e. The Kier molecular flexibility index (Phi) is 7.42. The molecule has 0 saturated carbocycles. The molecule has 2 atom stereocenters. The summed E-state index contributed by atoms with van der Waals surface area (Å²) in [7, 11) is 1.78. The van der Waals surface area contributed by atoms with Crippen LogP contribution in [0.15, 0.2) is 72.8 Å². The molecule has 0 N–H and O–H groups in total. The number of rotatable bonds is 6. The molecule has 0 aliphatic carbocycles.